The molecule has 0 aliphatic heterocycles. The molecule has 2 amide bonds. The molecule has 9 nitrogen and oxygen atoms in total. The van der Waals surface area contributed by atoms with Gasteiger partial charge in [-0.1, -0.05) is 78.9 Å². The summed E-state index contributed by atoms with van der Waals surface area (Å²) in [6.07, 6.45) is 4.41. The number of nitrogens with zero attached hydrogens (tertiary/aromatic N) is 1. The van der Waals surface area contributed by atoms with Gasteiger partial charge in [0.15, 0.2) is 5.78 Å². The summed E-state index contributed by atoms with van der Waals surface area (Å²) in [6.45, 7) is 0.459. The second kappa shape index (κ2) is 15.4. The van der Waals surface area contributed by atoms with E-state index in [2.05, 4.69) is 10.6 Å². The van der Waals surface area contributed by atoms with Crippen molar-refractivity contribution in [3.63, 3.8) is 0 Å². The molecule has 0 unspecified atom stereocenters. The minimum atomic E-state index is -0.706. The molecule has 0 bridgehead atoms. The van der Waals surface area contributed by atoms with Gasteiger partial charge in [-0.3, -0.25) is 24.5 Å². The van der Waals surface area contributed by atoms with Gasteiger partial charge in [0.25, 0.3) is 17.5 Å². The Bertz CT molecular complexity index is 1940. The third-order valence-electron chi connectivity index (χ3n) is 6.94. The number of nitro benzene ring substituents is 1. The molecule has 0 aliphatic carbocycles. The van der Waals surface area contributed by atoms with Crippen molar-refractivity contribution in [2.45, 2.75) is 6.61 Å². The smallest absolute Gasteiger partial charge is 0.276 e. The van der Waals surface area contributed by atoms with Gasteiger partial charge >= 0.3 is 0 Å². The average Bonchev–Trinajstić information content (AvgIpc) is 3.11. The largest absolute Gasteiger partial charge is 0.489 e. The van der Waals surface area contributed by atoms with Crippen molar-refractivity contribution in [2.24, 2.45) is 0 Å². The first-order valence-electron chi connectivity index (χ1n) is 14.6. The lowest BCUT2D eigenvalue weighted by atomic mass is 10.1. The van der Waals surface area contributed by atoms with Crippen molar-refractivity contribution < 1.29 is 24.0 Å². The highest BCUT2D eigenvalue weighted by molar-refractivity contribution is 6.11. The second-order valence-corrected chi connectivity index (χ2v) is 10.3. The maximum absolute atomic E-state index is 13.3. The van der Waals surface area contributed by atoms with Crippen LogP contribution in [-0.4, -0.2) is 22.5 Å². The van der Waals surface area contributed by atoms with Crippen LogP contribution in [0.15, 0.2) is 145 Å². The molecule has 2 N–H and O–H groups in total. The highest BCUT2D eigenvalue weighted by Crippen LogP contribution is 2.21. The Morgan fingerprint density at radius 1 is 0.723 bits per heavy atom. The lowest BCUT2D eigenvalue weighted by Crippen LogP contribution is -2.30. The Balaban J connectivity index is 1.24. The van der Waals surface area contributed by atoms with Gasteiger partial charge < -0.3 is 15.4 Å². The van der Waals surface area contributed by atoms with Crippen LogP contribution in [0.5, 0.6) is 5.75 Å². The predicted molar refractivity (Wildman–Crippen MR) is 181 cm³/mol. The zero-order valence-electron chi connectivity index (χ0n) is 25.0. The van der Waals surface area contributed by atoms with E-state index in [1.165, 1.54) is 30.4 Å². The number of rotatable bonds is 12. The highest BCUT2D eigenvalue weighted by Gasteiger charge is 2.18. The Hall–Kier alpha value is -6.61. The molecule has 0 radical (unpaired) electrons. The number of ketones is 1. The fourth-order valence-corrected chi connectivity index (χ4v) is 4.47. The number of carbonyl (C=O) groups is 3. The minimum absolute atomic E-state index is 0.137. The van der Waals surface area contributed by atoms with Gasteiger partial charge in [-0.2, -0.15) is 0 Å². The van der Waals surface area contributed by atoms with Crippen LogP contribution in [0.4, 0.5) is 11.4 Å². The standard InChI is InChI=1S/C38H29N3O6/c42-36(24-17-27-15-22-33(23-16-27)47-26-28-9-3-1-4-10-28)29-18-20-32(21-19-29)39-38(44)34(40-37(43)30-11-5-2-6-12-30)25-31-13-7-8-14-35(31)41(45)46/h1-25H,26H2,(H,39,44)(H,40,43)/b24-17+,34-25-. The van der Waals surface area contributed by atoms with E-state index in [9.17, 15) is 24.5 Å². The SMILES string of the molecule is O=C(Nc1ccc(C(=O)/C=C/c2ccc(OCc3ccccc3)cc2)cc1)/C(=C/c1ccccc1[N+](=O)[O-])NC(=O)c1ccccc1. The summed E-state index contributed by atoms with van der Waals surface area (Å²) in [4.78, 5) is 50.0. The van der Waals surface area contributed by atoms with Crippen molar-refractivity contribution >= 4 is 41.1 Å². The number of benzene rings is 5. The number of anilines is 1. The first kappa shape index (κ1) is 31.8. The molecule has 47 heavy (non-hydrogen) atoms. The molecule has 5 rings (SSSR count). The maximum atomic E-state index is 13.3. The minimum Gasteiger partial charge on any atom is -0.489 e. The number of carbonyl (C=O) groups excluding carboxylic acids is 3. The Kier molecular flexibility index (Phi) is 10.4. The molecule has 0 saturated carbocycles. The summed E-state index contributed by atoms with van der Waals surface area (Å²) >= 11 is 0. The zero-order chi connectivity index (χ0) is 33.0. The lowest BCUT2D eigenvalue weighted by molar-refractivity contribution is -0.385. The van der Waals surface area contributed by atoms with Gasteiger partial charge in [-0.25, -0.2) is 0 Å². The van der Waals surface area contributed by atoms with Crippen molar-refractivity contribution in [1.82, 2.24) is 5.32 Å². The maximum Gasteiger partial charge on any atom is 0.276 e. The van der Waals surface area contributed by atoms with Crippen LogP contribution < -0.4 is 15.4 Å². The molecular weight excluding hydrogens is 594 g/mol. The molecule has 0 aromatic heterocycles. The molecule has 0 heterocycles. The number of amides is 2. The fourth-order valence-electron chi connectivity index (χ4n) is 4.47. The first-order valence-corrected chi connectivity index (χ1v) is 14.6. The van der Waals surface area contributed by atoms with Crippen LogP contribution in [0.25, 0.3) is 12.2 Å². The summed E-state index contributed by atoms with van der Waals surface area (Å²) in [5.74, 6) is -0.788. The van der Waals surface area contributed by atoms with Crippen LogP contribution in [0, 0.1) is 10.1 Å². The predicted octanol–water partition coefficient (Wildman–Crippen LogP) is 7.48. The number of ether oxygens (including phenoxy) is 1. The molecule has 0 spiro atoms. The number of allylic oxidation sites excluding steroid dienone is 1. The topological polar surface area (TPSA) is 128 Å². The average molecular weight is 624 g/mol. The van der Waals surface area contributed by atoms with Gasteiger partial charge in [-0.05, 0) is 77.9 Å². The van der Waals surface area contributed by atoms with E-state index in [-0.39, 0.29) is 22.7 Å². The molecular formula is C38H29N3O6. The van der Waals surface area contributed by atoms with E-state index in [1.54, 1.807) is 66.7 Å². The summed E-state index contributed by atoms with van der Waals surface area (Å²) < 4.78 is 5.81. The number of hydrogen-bond donors (Lipinski definition) is 2. The van der Waals surface area contributed by atoms with Crippen LogP contribution >= 0.6 is 0 Å². The van der Waals surface area contributed by atoms with Crippen molar-refractivity contribution in [3.8, 4) is 5.75 Å². The molecule has 5 aromatic carbocycles. The van der Waals surface area contributed by atoms with E-state index < -0.39 is 16.7 Å². The number of nitro groups is 1. The number of para-hydroxylation sites is 1. The third-order valence-corrected chi connectivity index (χ3v) is 6.94. The fraction of sp³-hybridized carbons (Fsp3) is 0.0263. The Labute approximate surface area is 271 Å². The van der Waals surface area contributed by atoms with Crippen molar-refractivity contribution in [2.75, 3.05) is 5.32 Å². The van der Waals surface area contributed by atoms with E-state index in [4.69, 9.17) is 4.74 Å². The van der Waals surface area contributed by atoms with E-state index in [0.717, 1.165) is 16.9 Å². The molecule has 232 valence electrons. The Morgan fingerprint density at radius 2 is 1.36 bits per heavy atom. The highest BCUT2D eigenvalue weighted by atomic mass is 16.6. The number of nitrogens with one attached hydrogen (secondary N) is 2. The van der Waals surface area contributed by atoms with Gasteiger partial charge in [0.1, 0.15) is 18.1 Å². The lowest BCUT2D eigenvalue weighted by Gasteiger charge is -2.12. The summed E-state index contributed by atoms with van der Waals surface area (Å²) in [5.41, 5.74) is 2.65. The summed E-state index contributed by atoms with van der Waals surface area (Å²) in [7, 11) is 0. The molecule has 0 atom stereocenters. The zero-order valence-corrected chi connectivity index (χ0v) is 25.0. The normalized spacial score (nSPS) is 11.1. The van der Waals surface area contributed by atoms with E-state index in [0.29, 0.717) is 23.4 Å². The quantitative estimate of drug-likeness (QED) is 0.0642. The summed E-state index contributed by atoms with van der Waals surface area (Å²) in [5, 5.41) is 16.8. The van der Waals surface area contributed by atoms with Crippen LogP contribution in [0.3, 0.4) is 0 Å². The van der Waals surface area contributed by atoms with Crippen LogP contribution in [0.2, 0.25) is 0 Å². The van der Waals surface area contributed by atoms with Gasteiger partial charge in [0, 0.05) is 22.9 Å². The third kappa shape index (κ3) is 8.96. The molecule has 9 heteroatoms. The monoisotopic (exact) mass is 623 g/mol. The molecule has 0 saturated heterocycles. The van der Waals surface area contributed by atoms with Crippen LogP contribution in [-0.2, 0) is 11.4 Å². The first-order chi connectivity index (χ1) is 22.9. The Morgan fingerprint density at radius 3 is 2.04 bits per heavy atom. The van der Waals surface area contributed by atoms with E-state index in [1.807, 2.05) is 54.6 Å². The molecule has 0 fully saturated rings. The summed E-state index contributed by atoms with van der Waals surface area (Å²) in [6, 6.07) is 37.6. The van der Waals surface area contributed by atoms with Crippen molar-refractivity contribution in [1.29, 1.82) is 0 Å². The van der Waals surface area contributed by atoms with Gasteiger partial charge in [-0.15, -0.1) is 0 Å². The van der Waals surface area contributed by atoms with Crippen molar-refractivity contribution in [3.05, 3.63) is 183 Å². The van der Waals surface area contributed by atoms with Gasteiger partial charge in [0.05, 0.1) is 10.5 Å². The van der Waals surface area contributed by atoms with Crippen LogP contribution in [0.1, 0.15) is 37.4 Å². The van der Waals surface area contributed by atoms with Gasteiger partial charge in [0.2, 0.25) is 0 Å². The van der Waals surface area contributed by atoms with E-state index >= 15 is 0 Å². The molecule has 0 aliphatic rings. The molecule has 5 aromatic rings. The second-order valence-electron chi connectivity index (χ2n) is 10.3. The number of hydrogen-bond acceptors (Lipinski definition) is 6.